The Morgan fingerprint density at radius 2 is 1.78 bits per heavy atom. The maximum atomic E-state index is 11.8. The number of rotatable bonds is 9. The number of carbonyl (C=O) groups excluding carboxylic acids is 1. The summed E-state index contributed by atoms with van der Waals surface area (Å²) in [6, 6.07) is 14.5. The SMILES string of the molecule is COc1ccc(C=CC(=O)NCCCOc2ccc(C(=S)NO)cc2)cc1. The molecule has 27 heavy (non-hydrogen) atoms. The van der Waals surface area contributed by atoms with E-state index in [2.05, 4.69) is 5.32 Å². The second-order valence-electron chi connectivity index (χ2n) is 5.56. The van der Waals surface area contributed by atoms with E-state index in [0.29, 0.717) is 30.9 Å². The van der Waals surface area contributed by atoms with Crippen LogP contribution in [0.4, 0.5) is 0 Å². The average Bonchev–Trinajstić information content (AvgIpc) is 2.72. The Kier molecular flexibility index (Phi) is 8.28. The van der Waals surface area contributed by atoms with Gasteiger partial charge in [0.15, 0.2) is 0 Å². The van der Waals surface area contributed by atoms with Crippen LogP contribution in [0.25, 0.3) is 6.08 Å². The highest BCUT2D eigenvalue weighted by Gasteiger charge is 2.00. The molecule has 0 saturated heterocycles. The van der Waals surface area contributed by atoms with Crippen LogP contribution >= 0.6 is 12.2 Å². The molecule has 0 unspecified atom stereocenters. The smallest absolute Gasteiger partial charge is 0.244 e. The van der Waals surface area contributed by atoms with Gasteiger partial charge in [-0.2, -0.15) is 0 Å². The number of methoxy groups -OCH3 is 1. The van der Waals surface area contributed by atoms with Gasteiger partial charge in [-0.3, -0.25) is 15.5 Å². The first-order valence-corrected chi connectivity index (χ1v) is 8.80. The molecule has 0 aliphatic carbocycles. The van der Waals surface area contributed by atoms with Crippen LogP contribution in [-0.4, -0.2) is 36.4 Å². The van der Waals surface area contributed by atoms with Crippen molar-refractivity contribution in [2.45, 2.75) is 6.42 Å². The molecule has 142 valence electrons. The number of hydrogen-bond donors (Lipinski definition) is 3. The Balaban J connectivity index is 1.65. The van der Waals surface area contributed by atoms with Gasteiger partial charge in [-0.1, -0.05) is 24.4 Å². The summed E-state index contributed by atoms with van der Waals surface area (Å²) in [6.07, 6.45) is 3.93. The number of benzene rings is 2. The van der Waals surface area contributed by atoms with Gasteiger partial charge in [0.25, 0.3) is 0 Å². The van der Waals surface area contributed by atoms with Crippen LogP contribution < -0.4 is 20.3 Å². The van der Waals surface area contributed by atoms with E-state index < -0.39 is 0 Å². The van der Waals surface area contributed by atoms with E-state index in [-0.39, 0.29) is 10.9 Å². The highest BCUT2D eigenvalue weighted by atomic mass is 32.1. The summed E-state index contributed by atoms with van der Waals surface area (Å²) in [6.45, 7) is 0.993. The number of carbonyl (C=O) groups is 1. The Morgan fingerprint density at radius 1 is 1.11 bits per heavy atom. The first-order valence-electron chi connectivity index (χ1n) is 8.39. The molecule has 0 saturated carbocycles. The van der Waals surface area contributed by atoms with Crippen molar-refractivity contribution >= 4 is 29.2 Å². The minimum atomic E-state index is -0.153. The van der Waals surface area contributed by atoms with E-state index >= 15 is 0 Å². The van der Waals surface area contributed by atoms with Crippen molar-refractivity contribution < 1.29 is 19.5 Å². The number of hydrogen-bond acceptors (Lipinski definition) is 5. The van der Waals surface area contributed by atoms with Gasteiger partial charge in [-0.15, -0.1) is 0 Å². The molecule has 0 heterocycles. The molecule has 6 nitrogen and oxygen atoms in total. The zero-order valence-corrected chi connectivity index (χ0v) is 15.8. The molecule has 0 bridgehead atoms. The number of hydroxylamine groups is 1. The number of thiocarbonyl (C=S) groups is 1. The van der Waals surface area contributed by atoms with Gasteiger partial charge >= 0.3 is 0 Å². The zero-order chi connectivity index (χ0) is 19.5. The number of nitrogens with one attached hydrogen (secondary N) is 2. The van der Waals surface area contributed by atoms with Crippen molar-refractivity contribution in [1.82, 2.24) is 10.8 Å². The molecule has 0 atom stereocenters. The second-order valence-corrected chi connectivity index (χ2v) is 5.97. The molecule has 0 fully saturated rings. The third-order valence-electron chi connectivity index (χ3n) is 3.65. The van der Waals surface area contributed by atoms with Gasteiger partial charge in [-0.25, -0.2) is 0 Å². The van der Waals surface area contributed by atoms with Crippen molar-refractivity contribution in [2.24, 2.45) is 0 Å². The standard InChI is InChI=1S/C20H22N2O4S/c1-25-17-8-3-15(4-9-17)5-12-19(23)21-13-2-14-26-18-10-6-16(7-11-18)20(27)22-24/h3-12,24H,2,13-14H2,1H3,(H,21,23)(H,22,27). The Bertz CT molecular complexity index is 774. The fraction of sp³-hybridized carbons (Fsp3) is 0.200. The van der Waals surface area contributed by atoms with Gasteiger partial charge in [0.05, 0.1) is 13.7 Å². The van der Waals surface area contributed by atoms with Crippen molar-refractivity contribution in [1.29, 1.82) is 0 Å². The summed E-state index contributed by atoms with van der Waals surface area (Å²) in [7, 11) is 1.61. The van der Waals surface area contributed by atoms with Crippen molar-refractivity contribution in [2.75, 3.05) is 20.3 Å². The monoisotopic (exact) mass is 386 g/mol. The molecule has 2 aromatic carbocycles. The maximum Gasteiger partial charge on any atom is 0.244 e. The third-order valence-corrected chi connectivity index (χ3v) is 3.98. The van der Waals surface area contributed by atoms with E-state index in [9.17, 15) is 4.79 Å². The molecule has 3 N–H and O–H groups in total. The van der Waals surface area contributed by atoms with Gasteiger partial charge in [0, 0.05) is 18.2 Å². The number of amides is 1. The predicted octanol–water partition coefficient (Wildman–Crippen LogP) is 2.95. The lowest BCUT2D eigenvalue weighted by atomic mass is 10.2. The molecular formula is C20H22N2O4S. The molecule has 2 rings (SSSR count). The highest BCUT2D eigenvalue weighted by Crippen LogP contribution is 2.13. The predicted molar refractivity (Wildman–Crippen MR) is 108 cm³/mol. The Labute approximate surface area is 163 Å². The molecule has 2 aromatic rings. The van der Waals surface area contributed by atoms with Gasteiger partial charge in [0.2, 0.25) is 5.91 Å². The van der Waals surface area contributed by atoms with Gasteiger partial charge in [0.1, 0.15) is 16.5 Å². The lowest BCUT2D eigenvalue weighted by Crippen LogP contribution is -2.23. The van der Waals surface area contributed by atoms with Crippen LogP contribution in [0, 0.1) is 0 Å². The topological polar surface area (TPSA) is 79.8 Å². The molecule has 0 aromatic heterocycles. The van der Waals surface area contributed by atoms with Gasteiger partial charge < -0.3 is 14.8 Å². The van der Waals surface area contributed by atoms with E-state index in [1.165, 1.54) is 6.08 Å². The minimum Gasteiger partial charge on any atom is -0.497 e. The summed E-state index contributed by atoms with van der Waals surface area (Å²) < 4.78 is 10.7. The summed E-state index contributed by atoms with van der Waals surface area (Å²) in [5.74, 6) is 1.32. The van der Waals surface area contributed by atoms with Gasteiger partial charge in [-0.05, 0) is 54.5 Å². The average molecular weight is 386 g/mol. The van der Waals surface area contributed by atoms with Crippen molar-refractivity contribution in [3.63, 3.8) is 0 Å². The summed E-state index contributed by atoms with van der Waals surface area (Å²) >= 11 is 4.92. The summed E-state index contributed by atoms with van der Waals surface area (Å²) in [5.41, 5.74) is 3.57. The van der Waals surface area contributed by atoms with Crippen LogP contribution in [0.3, 0.4) is 0 Å². The fourth-order valence-electron chi connectivity index (χ4n) is 2.19. The summed E-state index contributed by atoms with van der Waals surface area (Å²) in [4.78, 5) is 12.1. The molecule has 0 radical (unpaired) electrons. The third kappa shape index (κ3) is 7.08. The van der Waals surface area contributed by atoms with E-state index in [1.807, 2.05) is 29.7 Å². The van der Waals surface area contributed by atoms with Crippen LogP contribution in [0.2, 0.25) is 0 Å². The van der Waals surface area contributed by atoms with E-state index in [4.69, 9.17) is 26.9 Å². The first-order chi connectivity index (χ1) is 13.1. The highest BCUT2D eigenvalue weighted by molar-refractivity contribution is 7.80. The van der Waals surface area contributed by atoms with Crippen molar-refractivity contribution in [3.05, 3.63) is 65.7 Å². The quantitative estimate of drug-likeness (QED) is 0.266. The number of ether oxygens (including phenoxy) is 2. The normalized spacial score (nSPS) is 10.4. The van der Waals surface area contributed by atoms with Crippen LogP contribution in [0.5, 0.6) is 11.5 Å². The van der Waals surface area contributed by atoms with Crippen LogP contribution in [0.1, 0.15) is 17.5 Å². The van der Waals surface area contributed by atoms with E-state index in [0.717, 1.165) is 11.3 Å². The van der Waals surface area contributed by atoms with Crippen LogP contribution in [0.15, 0.2) is 54.6 Å². The Hall–Kier alpha value is -2.90. The molecule has 0 aliphatic rings. The molecule has 1 amide bonds. The van der Waals surface area contributed by atoms with E-state index in [1.54, 1.807) is 37.5 Å². The fourth-order valence-corrected chi connectivity index (χ4v) is 2.32. The lowest BCUT2D eigenvalue weighted by Gasteiger charge is -2.08. The zero-order valence-electron chi connectivity index (χ0n) is 15.0. The molecule has 0 aliphatic heterocycles. The van der Waals surface area contributed by atoms with Crippen molar-refractivity contribution in [3.8, 4) is 11.5 Å². The van der Waals surface area contributed by atoms with Crippen LogP contribution in [-0.2, 0) is 4.79 Å². The summed E-state index contributed by atoms with van der Waals surface area (Å²) in [5, 5.41) is 11.6. The Morgan fingerprint density at radius 3 is 2.41 bits per heavy atom. The minimum absolute atomic E-state index is 0.153. The maximum absolute atomic E-state index is 11.8. The second kappa shape index (κ2) is 10.9. The molecular weight excluding hydrogens is 364 g/mol. The lowest BCUT2D eigenvalue weighted by molar-refractivity contribution is -0.116. The molecule has 7 heteroatoms. The first kappa shape index (κ1) is 20.4. The molecule has 0 spiro atoms. The largest absolute Gasteiger partial charge is 0.497 e.